The molecule has 1 atom stereocenters. The Bertz CT molecular complexity index is 455. The average molecular weight is 275 g/mol. The Labute approximate surface area is 119 Å². The number of ether oxygens (including phenoxy) is 1. The number of hydrogen-bond acceptors (Lipinski definition) is 3. The first-order valence-corrected chi connectivity index (χ1v) is 7.39. The fourth-order valence-corrected chi connectivity index (χ4v) is 3.26. The maximum Gasteiger partial charge on any atom is 0.303 e. The summed E-state index contributed by atoms with van der Waals surface area (Å²) in [4.78, 5) is 13.1. The number of likely N-dealkylation sites (tertiary alicyclic amines) is 1. The third-order valence-corrected chi connectivity index (χ3v) is 4.35. The van der Waals surface area contributed by atoms with Gasteiger partial charge in [-0.2, -0.15) is 0 Å². The number of nitrogens with zero attached hydrogens (tertiary/aromatic N) is 1. The van der Waals surface area contributed by atoms with Crippen molar-refractivity contribution >= 4 is 5.97 Å². The van der Waals surface area contributed by atoms with Gasteiger partial charge in [0.1, 0.15) is 11.9 Å². The Balaban J connectivity index is 1.46. The quantitative estimate of drug-likeness (QED) is 0.915. The first-order valence-electron chi connectivity index (χ1n) is 7.39. The van der Waals surface area contributed by atoms with Crippen molar-refractivity contribution in [3.63, 3.8) is 0 Å². The zero-order chi connectivity index (χ0) is 13.9. The summed E-state index contributed by atoms with van der Waals surface area (Å²) in [7, 11) is 0. The highest BCUT2D eigenvalue weighted by Crippen LogP contribution is 2.29. The average Bonchev–Trinajstić information content (AvgIpc) is 2.82. The molecule has 1 fully saturated rings. The molecule has 0 radical (unpaired) electrons. The molecule has 108 valence electrons. The van der Waals surface area contributed by atoms with Crippen molar-refractivity contribution in [1.29, 1.82) is 0 Å². The van der Waals surface area contributed by atoms with E-state index < -0.39 is 5.97 Å². The smallest absolute Gasteiger partial charge is 0.303 e. The SMILES string of the molecule is O=C(O)CC1CCN(CC2Cc3ccccc3O2)CC1. The second-order valence-corrected chi connectivity index (χ2v) is 5.89. The second kappa shape index (κ2) is 5.83. The monoisotopic (exact) mass is 275 g/mol. The van der Waals surface area contributed by atoms with E-state index in [1.54, 1.807) is 0 Å². The predicted octanol–water partition coefficient (Wildman–Crippen LogP) is 2.18. The topological polar surface area (TPSA) is 49.8 Å². The zero-order valence-electron chi connectivity index (χ0n) is 11.6. The van der Waals surface area contributed by atoms with Crippen LogP contribution in [0.3, 0.4) is 0 Å². The van der Waals surface area contributed by atoms with Crippen molar-refractivity contribution in [2.75, 3.05) is 19.6 Å². The van der Waals surface area contributed by atoms with Gasteiger partial charge in [-0.3, -0.25) is 9.69 Å². The number of carboxylic acid groups (broad SMARTS) is 1. The number of rotatable bonds is 4. The minimum Gasteiger partial charge on any atom is -0.488 e. The van der Waals surface area contributed by atoms with Crippen molar-refractivity contribution in [2.45, 2.75) is 31.8 Å². The van der Waals surface area contributed by atoms with Crippen LogP contribution in [-0.4, -0.2) is 41.7 Å². The first-order chi connectivity index (χ1) is 9.70. The van der Waals surface area contributed by atoms with E-state index in [-0.39, 0.29) is 6.10 Å². The summed E-state index contributed by atoms with van der Waals surface area (Å²) < 4.78 is 5.97. The molecule has 0 aromatic heterocycles. The molecule has 0 spiro atoms. The van der Waals surface area contributed by atoms with Crippen LogP contribution < -0.4 is 4.74 Å². The van der Waals surface area contributed by atoms with Gasteiger partial charge in [0.2, 0.25) is 0 Å². The van der Waals surface area contributed by atoms with Crippen molar-refractivity contribution in [2.24, 2.45) is 5.92 Å². The van der Waals surface area contributed by atoms with E-state index in [4.69, 9.17) is 9.84 Å². The van der Waals surface area contributed by atoms with Gasteiger partial charge in [-0.15, -0.1) is 0 Å². The number of benzene rings is 1. The van der Waals surface area contributed by atoms with Gasteiger partial charge in [-0.05, 0) is 43.5 Å². The van der Waals surface area contributed by atoms with Crippen LogP contribution in [0.2, 0.25) is 0 Å². The molecular formula is C16H21NO3. The molecule has 1 N–H and O–H groups in total. The fraction of sp³-hybridized carbons (Fsp3) is 0.562. The molecule has 0 amide bonds. The molecule has 1 aromatic carbocycles. The largest absolute Gasteiger partial charge is 0.488 e. The number of hydrogen-bond donors (Lipinski definition) is 1. The standard InChI is InChI=1S/C16H21NO3/c18-16(19)9-12-5-7-17(8-6-12)11-14-10-13-3-1-2-4-15(13)20-14/h1-4,12,14H,5-11H2,(H,18,19). The van der Waals surface area contributed by atoms with Crippen molar-refractivity contribution in [3.8, 4) is 5.75 Å². The highest BCUT2D eigenvalue weighted by molar-refractivity contribution is 5.67. The molecule has 0 saturated carbocycles. The summed E-state index contributed by atoms with van der Waals surface area (Å²) in [6.07, 6.45) is 3.55. The lowest BCUT2D eigenvalue weighted by atomic mass is 9.93. The molecule has 2 aliphatic rings. The predicted molar refractivity (Wildman–Crippen MR) is 76.0 cm³/mol. The number of para-hydroxylation sites is 1. The second-order valence-electron chi connectivity index (χ2n) is 5.89. The van der Waals surface area contributed by atoms with Gasteiger partial charge < -0.3 is 9.84 Å². The molecular weight excluding hydrogens is 254 g/mol. The number of piperidine rings is 1. The van der Waals surface area contributed by atoms with Gasteiger partial charge in [0.25, 0.3) is 0 Å². The molecule has 20 heavy (non-hydrogen) atoms. The Hall–Kier alpha value is -1.55. The Morgan fingerprint density at radius 1 is 1.30 bits per heavy atom. The first kappa shape index (κ1) is 13.4. The van der Waals surface area contributed by atoms with Crippen LogP contribution in [0.15, 0.2) is 24.3 Å². The van der Waals surface area contributed by atoms with Crippen LogP contribution in [-0.2, 0) is 11.2 Å². The van der Waals surface area contributed by atoms with Crippen molar-refractivity contribution < 1.29 is 14.6 Å². The van der Waals surface area contributed by atoms with Crippen molar-refractivity contribution in [1.82, 2.24) is 4.90 Å². The van der Waals surface area contributed by atoms with Gasteiger partial charge in [0.15, 0.2) is 0 Å². The number of carbonyl (C=O) groups is 1. The van der Waals surface area contributed by atoms with E-state index in [2.05, 4.69) is 17.0 Å². The lowest BCUT2D eigenvalue weighted by molar-refractivity contribution is -0.138. The summed E-state index contributed by atoms with van der Waals surface area (Å²) >= 11 is 0. The zero-order valence-corrected chi connectivity index (χ0v) is 11.6. The number of fused-ring (bicyclic) bond motifs is 1. The van der Waals surface area contributed by atoms with Gasteiger partial charge in [0, 0.05) is 19.4 Å². The van der Waals surface area contributed by atoms with E-state index in [0.29, 0.717) is 12.3 Å². The van der Waals surface area contributed by atoms with Crippen LogP contribution in [0, 0.1) is 5.92 Å². The van der Waals surface area contributed by atoms with Gasteiger partial charge in [-0.1, -0.05) is 18.2 Å². The third-order valence-electron chi connectivity index (χ3n) is 4.35. The molecule has 1 aromatic rings. The summed E-state index contributed by atoms with van der Waals surface area (Å²) in [5.41, 5.74) is 1.30. The fourth-order valence-electron chi connectivity index (χ4n) is 3.26. The Morgan fingerprint density at radius 3 is 2.75 bits per heavy atom. The minimum atomic E-state index is -0.668. The molecule has 0 bridgehead atoms. The Morgan fingerprint density at radius 2 is 2.05 bits per heavy atom. The summed E-state index contributed by atoms with van der Waals surface area (Å²) in [5, 5.41) is 8.83. The number of aliphatic carboxylic acids is 1. The van der Waals surface area contributed by atoms with E-state index in [1.807, 2.05) is 12.1 Å². The molecule has 4 nitrogen and oxygen atoms in total. The van der Waals surface area contributed by atoms with Gasteiger partial charge in [0.05, 0.1) is 0 Å². The molecule has 3 rings (SSSR count). The van der Waals surface area contributed by atoms with E-state index in [0.717, 1.165) is 44.6 Å². The minimum absolute atomic E-state index is 0.253. The van der Waals surface area contributed by atoms with Crippen LogP contribution in [0.1, 0.15) is 24.8 Å². The van der Waals surface area contributed by atoms with Crippen LogP contribution in [0.4, 0.5) is 0 Å². The maximum absolute atomic E-state index is 10.7. The molecule has 2 heterocycles. The van der Waals surface area contributed by atoms with Crippen LogP contribution >= 0.6 is 0 Å². The molecule has 1 unspecified atom stereocenters. The maximum atomic E-state index is 10.7. The van der Waals surface area contributed by atoms with Gasteiger partial charge in [-0.25, -0.2) is 0 Å². The third kappa shape index (κ3) is 3.12. The normalized spacial score (nSPS) is 23.3. The van der Waals surface area contributed by atoms with Gasteiger partial charge >= 0.3 is 5.97 Å². The summed E-state index contributed by atoms with van der Waals surface area (Å²) in [6, 6.07) is 8.24. The number of carboxylic acids is 1. The molecule has 0 aliphatic carbocycles. The summed E-state index contributed by atoms with van der Waals surface area (Å²) in [6.45, 7) is 2.94. The van der Waals surface area contributed by atoms with E-state index in [1.165, 1.54) is 5.56 Å². The lowest BCUT2D eigenvalue weighted by Crippen LogP contribution is -2.40. The summed E-state index contributed by atoms with van der Waals surface area (Å²) in [5.74, 6) is 0.710. The highest BCUT2D eigenvalue weighted by Gasteiger charge is 2.27. The lowest BCUT2D eigenvalue weighted by Gasteiger charge is -2.32. The molecule has 2 aliphatic heterocycles. The van der Waals surface area contributed by atoms with Crippen LogP contribution in [0.5, 0.6) is 5.75 Å². The highest BCUT2D eigenvalue weighted by atomic mass is 16.5. The van der Waals surface area contributed by atoms with Crippen LogP contribution in [0.25, 0.3) is 0 Å². The van der Waals surface area contributed by atoms with E-state index in [9.17, 15) is 4.79 Å². The van der Waals surface area contributed by atoms with E-state index >= 15 is 0 Å². The Kier molecular flexibility index (Phi) is 3.92. The van der Waals surface area contributed by atoms with Crippen molar-refractivity contribution in [3.05, 3.63) is 29.8 Å². The molecule has 1 saturated heterocycles. The molecule has 4 heteroatoms.